The zero-order valence-electron chi connectivity index (χ0n) is 19.9. The first-order valence-electron chi connectivity index (χ1n) is 12.3. The van der Waals surface area contributed by atoms with Crippen LogP contribution in [0.2, 0.25) is 0 Å². The van der Waals surface area contributed by atoms with Gasteiger partial charge in [-0.3, -0.25) is 19.8 Å². The van der Waals surface area contributed by atoms with Crippen molar-refractivity contribution in [1.82, 2.24) is 9.99 Å². The first-order chi connectivity index (χ1) is 17.5. The molecule has 4 aromatic rings. The molecule has 36 heavy (non-hydrogen) atoms. The van der Waals surface area contributed by atoms with Crippen molar-refractivity contribution in [1.29, 1.82) is 0 Å². The maximum absolute atomic E-state index is 13.2. The number of hydrogen-bond acceptors (Lipinski definition) is 3. The van der Waals surface area contributed by atoms with Crippen LogP contribution in [0.25, 0.3) is 21.8 Å². The van der Waals surface area contributed by atoms with E-state index in [1.807, 2.05) is 42.5 Å². The summed E-state index contributed by atoms with van der Waals surface area (Å²) in [5.41, 5.74) is 6.56. The third kappa shape index (κ3) is 3.55. The summed E-state index contributed by atoms with van der Waals surface area (Å²) >= 11 is 0. The second-order valence-electron chi connectivity index (χ2n) is 9.30. The van der Waals surface area contributed by atoms with Crippen molar-refractivity contribution in [3.05, 3.63) is 84.4 Å². The Labute approximate surface area is 208 Å². The van der Waals surface area contributed by atoms with Crippen LogP contribution in [0.1, 0.15) is 30.1 Å². The van der Waals surface area contributed by atoms with Gasteiger partial charge in [0.05, 0.1) is 17.5 Å². The number of hydrogen-bond donors (Lipinski definition) is 2. The standard InChI is InChI=1S/C29H26N4O3/c1-2-32-25-13-6-5-10-21(25)24-17-19(14-15-26(24)32)30-27(34)18-8-7-9-20(16-18)33-29(36)23-12-4-3-11-22(23)28(35)31-33/h3-10,13-17,22-23H,2,11-12H2,1H3,(H,30,34)(H,31,35). The van der Waals surface area contributed by atoms with Crippen LogP contribution in [-0.4, -0.2) is 22.3 Å². The molecule has 2 N–H and O–H groups in total. The second kappa shape index (κ2) is 8.68. The molecule has 2 heterocycles. The normalized spacial score (nSPS) is 19.4. The van der Waals surface area contributed by atoms with Gasteiger partial charge in [0.2, 0.25) is 11.8 Å². The molecule has 3 aromatic carbocycles. The summed E-state index contributed by atoms with van der Waals surface area (Å²) in [6, 6.07) is 20.9. The van der Waals surface area contributed by atoms with Gasteiger partial charge in [0.25, 0.3) is 5.91 Å². The smallest absolute Gasteiger partial charge is 0.255 e. The molecule has 0 saturated carbocycles. The molecule has 1 aliphatic carbocycles. The number of amides is 3. The molecule has 180 valence electrons. The highest BCUT2D eigenvalue weighted by Crippen LogP contribution is 2.33. The van der Waals surface area contributed by atoms with Crippen LogP contribution in [0.4, 0.5) is 11.4 Å². The zero-order valence-corrected chi connectivity index (χ0v) is 19.9. The van der Waals surface area contributed by atoms with Crippen molar-refractivity contribution in [3.63, 3.8) is 0 Å². The van der Waals surface area contributed by atoms with E-state index in [2.05, 4.69) is 34.4 Å². The first kappa shape index (κ1) is 22.1. The minimum Gasteiger partial charge on any atom is -0.341 e. The number of para-hydroxylation sites is 1. The summed E-state index contributed by atoms with van der Waals surface area (Å²) in [5.74, 6) is -1.32. The van der Waals surface area contributed by atoms with Crippen LogP contribution in [0.15, 0.2) is 78.9 Å². The fraction of sp³-hybridized carbons (Fsp3) is 0.207. The number of allylic oxidation sites excluding steroid dienone is 2. The molecule has 2 unspecified atom stereocenters. The van der Waals surface area contributed by atoms with Gasteiger partial charge in [0, 0.05) is 39.6 Å². The second-order valence-corrected chi connectivity index (χ2v) is 9.30. The number of aryl methyl sites for hydroxylation is 1. The van der Waals surface area contributed by atoms with Gasteiger partial charge in [0.1, 0.15) is 0 Å². The van der Waals surface area contributed by atoms with Gasteiger partial charge in [0.15, 0.2) is 0 Å². The van der Waals surface area contributed by atoms with Crippen LogP contribution < -0.4 is 15.8 Å². The number of carbonyl (C=O) groups excluding carboxylic acids is 3. The first-order valence-corrected chi connectivity index (χ1v) is 12.3. The van der Waals surface area contributed by atoms with Gasteiger partial charge in [-0.25, -0.2) is 5.01 Å². The number of fused-ring (bicyclic) bond motifs is 4. The Kier molecular flexibility index (Phi) is 5.33. The molecule has 1 aromatic heterocycles. The Morgan fingerprint density at radius 2 is 1.69 bits per heavy atom. The summed E-state index contributed by atoms with van der Waals surface area (Å²) in [5, 5.41) is 6.49. The Bertz CT molecular complexity index is 1570. The predicted octanol–water partition coefficient (Wildman–Crippen LogP) is 5.03. The minimum atomic E-state index is -0.377. The molecule has 3 amide bonds. The van der Waals surface area contributed by atoms with Gasteiger partial charge in [-0.1, -0.05) is 36.4 Å². The average Bonchev–Trinajstić information content (AvgIpc) is 3.24. The van der Waals surface area contributed by atoms with Gasteiger partial charge < -0.3 is 9.88 Å². The zero-order chi connectivity index (χ0) is 24.8. The summed E-state index contributed by atoms with van der Waals surface area (Å²) in [7, 11) is 0. The van der Waals surface area contributed by atoms with E-state index >= 15 is 0 Å². The molecule has 2 atom stereocenters. The molecule has 1 saturated heterocycles. The van der Waals surface area contributed by atoms with Crippen molar-refractivity contribution in [2.75, 3.05) is 10.3 Å². The fourth-order valence-electron chi connectivity index (χ4n) is 5.44. The third-order valence-electron chi connectivity index (χ3n) is 7.24. The number of nitrogens with zero attached hydrogens (tertiary/aromatic N) is 2. The van der Waals surface area contributed by atoms with Gasteiger partial charge in [-0.15, -0.1) is 0 Å². The summed E-state index contributed by atoms with van der Waals surface area (Å²) in [4.78, 5) is 38.9. The van der Waals surface area contributed by atoms with Crippen LogP contribution >= 0.6 is 0 Å². The number of anilines is 2. The SMILES string of the molecule is CCn1c2ccccc2c2cc(NC(=O)c3cccc(N4NC(=O)C5CC=CCC5C4=O)c3)ccc21. The fourth-order valence-corrected chi connectivity index (χ4v) is 5.44. The van der Waals surface area contributed by atoms with Crippen LogP contribution in [0, 0.1) is 11.8 Å². The molecular formula is C29H26N4O3. The van der Waals surface area contributed by atoms with E-state index in [0.717, 1.165) is 28.4 Å². The van der Waals surface area contributed by atoms with E-state index in [1.54, 1.807) is 24.3 Å². The Balaban J connectivity index is 1.28. The number of aromatic nitrogens is 1. The molecule has 2 aliphatic rings. The van der Waals surface area contributed by atoms with Crippen molar-refractivity contribution in [2.45, 2.75) is 26.3 Å². The minimum absolute atomic E-state index is 0.153. The molecular weight excluding hydrogens is 452 g/mol. The van der Waals surface area contributed by atoms with E-state index in [-0.39, 0.29) is 29.6 Å². The Morgan fingerprint density at radius 3 is 2.53 bits per heavy atom. The Morgan fingerprint density at radius 1 is 0.917 bits per heavy atom. The number of hydrazine groups is 1. The number of carbonyl (C=O) groups is 3. The highest BCUT2D eigenvalue weighted by molar-refractivity contribution is 6.11. The van der Waals surface area contributed by atoms with Crippen molar-refractivity contribution < 1.29 is 14.4 Å². The number of nitrogens with one attached hydrogen (secondary N) is 2. The van der Waals surface area contributed by atoms with Gasteiger partial charge in [-0.05, 0) is 62.2 Å². The molecule has 1 aliphatic heterocycles. The summed E-state index contributed by atoms with van der Waals surface area (Å²) in [6.07, 6.45) is 5.02. The predicted molar refractivity (Wildman–Crippen MR) is 140 cm³/mol. The van der Waals surface area contributed by atoms with E-state index in [9.17, 15) is 14.4 Å². The molecule has 0 radical (unpaired) electrons. The number of benzene rings is 3. The topological polar surface area (TPSA) is 83.4 Å². The largest absolute Gasteiger partial charge is 0.341 e. The van der Waals surface area contributed by atoms with E-state index < -0.39 is 0 Å². The van der Waals surface area contributed by atoms with Crippen LogP contribution in [-0.2, 0) is 16.1 Å². The monoisotopic (exact) mass is 478 g/mol. The highest BCUT2D eigenvalue weighted by Gasteiger charge is 2.42. The molecule has 1 fully saturated rings. The molecule has 0 spiro atoms. The van der Waals surface area contributed by atoms with E-state index in [4.69, 9.17) is 0 Å². The van der Waals surface area contributed by atoms with Crippen LogP contribution in [0.3, 0.4) is 0 Å². The van der Waals surface area contributed by atoms with Gasteiger partial charge >= 0.3 is 0 Å². The third-order valence-corrected chi connectivity index (χ3v) is 7.24. The lowest BCUT2D eigenvalue weighted by molar-refractivity contribution is -0.139. The van der Waals surface area contributed by atoms with E-state index in [1.165, 1.54) is 5.01 Å². The molecule has 7 nitrogen and oxygen atoms in total. The lowest BCUT2D eigenvalue weighted by atomic mass is 9.80. The average molecular weight is 479 g/mol. The molecule has 7 heteroatoms. The molecule has 6 rings (SSSR count). The lowest BCUT2D eigenvalue weighted by Crippen LogP contribution is -2.59. The van der Waals surface area contributed by atoms with Crippen LogP contribution in [0.5, 0.6) is 0 Å². The number of rotatable bonds is 4. The summed E-state index contributed by atoms with van der Waals surface area (Å²) in [6.45, 7) is 2.97. The van der Waals surface area contributed by atoms with Crippen molar-refractivity contribution >= 4 is 50.9 Å². The van der Waals surface area contributed by atoms with Gasteiger partial charge in [-0.2, -0.15) is 0 Å². The Hall–Kier alpha value is -4.39. The summed E-state index contributed by atoms with van der Waals surface area (Å²) < 4.78 is 2.26. The maximum atomic E-state index is 13.2. The van der Waals surface area contributed by atoms with E-state index in [0.29, 0.717) is 29.8 Å². The maximum Gasteiger partial charge on any atom is 0.255 e. The van der Waals surface area contributed by atoms with Crippen molar-refractivity contribution in [3.8, 4) is 0 Å². The quantitative estimate of drug-likeness (QED) is 0.404. The lowest BCUT2D eigenvalue weighted by Gasteiger charge is -2.38. The highest BCUT2D eigenvalue weighted by atomic mass is 16.2. The van der Waals surface area contributed by atoms with Crippen molar-refractivity contribution in [2.24, 2.45) is 11.8 Å². The molecule has 0 bridgehead atoms.